The van der Waals surface area contributed by atoms with E-state index in [1.54, 1.807) is 18.2 Å². The molecular weight excluding hydrogens is 234 g/mol. The third-order valence-electron chi connectivity index (χ3n) is 2.67. The number of aromatic hydroxyl groups is 1. The fraction of sp³-hybridized carbons (Fsp3) is 0. The smallest absolute Gasteiger partial charge is 0.371 e. The first-order valence-electron chi connectivity index (χ1n) is 5.24. The van der Waals surface area contributed by atoms with Gasteiger partial charge in [-0.2, -0.15) is 0 Å². The minimum Gasteiger partial charge on any atom is -0.508 e. The van der Waals surface area contributed by atoms with Gasteiger partial charge in [0.05, 0.1) is 17.6 Å². The maximum Gasteiger partial charge on any atom is 0.371 e. The molecule has 0 bridgehead atoms. The average molecular weight is 243 g/mol. The highest BCUT2D eigenvalue weighted by molar-refractivity contribution is 5.87. The fourth-order valence-electron chi connectivity index (χ4n) is 1.83. The van der Waals surface area contributed by atoms with Crippen molar-refractivity contribution < 1.29 is 15.0 Å². The van der Waals surface area contributed by atoms with Crippen LogP contribution in [0.4, 0.5) is 0 Å². The highest BCUT2D eigenvalue weighted by Crippen LogP contribution is 2.25. The van der Waals surface area contributed by atoms with Crippen LogP contribution >= 0.6 is 0 Å². The molecule has 3 rings (SSSR count). The number of aromatic carboxylic acids is 1. The van der Waals surface area contributed by atoms with Crippen molar-refractivity contribution in [3.63, 3.8) is 0 Å². The van der Waals surface area contributed by atoms with Crippen LogP contribution in [0.5, 0.6) is 5.75 Å². The van der Waals surface area contributed by atoms with Crippen LogP contribution in [0.1, 0.15) is 10.6 Å². The van der Waals surface area contributed by atoms with E-state index >= 15 is 0 Å². The molecule has 4 N–H and O–H groups in total. The second-order valence-electron chi connectivity index (χ2n) is 3.91. The number of carboxylic acids is 1. The molecule has 0 fully saturated rings. The summed E-state index contributed by atoms with van der Waals surface area (Å²) in [6.07, 6.45) is 1.45. The van der Waals surface area contributed by atoms with Gasteiger partial charge in [0, 0.05) is 10.9 Å². The number of carbonyl (C=O) groups is 1. The van der Waals surface area contributed by atoms with Crippen molar-refractivity contribution in [2.45, 2.75) is 0 Å². The maximum atomic E-state index is 10.7. The number of phenolic OH excluding ortho intramolecular Hbond substituents is 1. The SMILES string of the molecule is O=C(O)c1ncc(-c2cc3cc(O)ccc3[nH]2)[nH]1. The second-order valence-corrected chi connectivity index (χ2v) is 3.91. The van der Waals surface area contributed by atoms with E-state index in [1.807, 2.05) is 6.07 Å². The van der Waals surface area contributed by atoms with E-state index in [0.29, 0.717) is 5.69 Å². The molecule has 0 saturated carbocycles. The number of H-pyrrole nitrogens is 2. The minimum absolute atomic E-state index is 0.105. The Morgan fingerprint density at radius 3 is 2.72 bits per heavy atom. The van der Waals surface area contributed by atoms with Crippen LogP contribution in [0.3, 0.4) is 0 Å². The summed E-state index contributed by atoms with van der Waals surface area (Å²) in [4.78, 5) is 20.3. The lowest BCUT2D eigenvalue weighted by atomic mass is 10.2. The summed E-state index contributed by atoms with van der Waals surface area (Å²) in [5.74, 6) is -1.02. The molecule has 0 aliphatic carbocycles. The van der Waals surface area contributed by atoms with Crippen molar-refractivity contribution in [3.8, 4) is 17.1 Å². The molecular formula is C12H9N3O3. The maximum absolute atomic E-state index is 10.7. The van der Waals surface area contributed by atoms with Crippen LogP contribution in [0.25, 0.3) is 22.3 Å². The van der Waals surface area contributed by atoms with Crippen LogP contribution in [0, 0.1) is 0 Å². The summed E-state index contributed by atoms with van der Waals surface area (Å²) in [5.41, 5.74) is 2.16. The predicted octanol–water partition coefficient (Wildman–Crippen LogP) is 1.96. The van der Waals surface area contributed by atoms with E-state index in [0.717, 1.165) is 16.6 Å². The lowest BCUT2D eigenvalue weighted by Gasteiger charge is -1.90. The number of phenols is 1. The average Bonchev–Trinajstić information content (AvgIpc) is 2.93. The summed E-state index contributed by atoms with van der Waals surface area (Å²) >= 11 is 0. The molecule has 0 aliphatic rings. The minimum atomic E-state index is -1.10. The third-order valence-corrected chi connectivity index (χ3v) is 2.67. The summed E-state index contributed by atoms with van der Waals surface area (Å²) < 4.78 is 0. The molecule has 2 aromatic heterocycles. The number of nitrogens with one attached hydrogen (secondary N) is 2. The Bertz CT molecular complexity index is 742. The van der Waals surface area contributed by atoms with E-state index in [4.69, 9.17) is 5.11 Å². The number of hydrogen-bond donors (Lipinski definition) is 4. The molecule has 6 nitrogen and oxygen atoms in total. The van der Waals surface area contributed by atoms with E-state index in [1.165, 1.54) is 6.20 Å². The number of benzene rings is 1. The zero-order chi connectivity index (χ0) is 12.7. The van der Waals surface area contributed by atoms with E-state index < -0.39 is 5.97 Å². The Balaban J connectivity index is 2.10. The van der Waals surface area contributed by atoms with Gasteiger partial charge in [-0.1, -0.05) is 0 Å². The number of aromatic nitrogens is 3. The van der Waals surface area contributed by atoms with Crippen molar-refractivity contribution in [1.82, 2.24) is 15.0 Å². The summed E-state index contributed by atoms with van der Waals surface area (Å²) in [7, 11) is 0. The van der Waals surface area contributed by atoms with Crippen LogP contribution in [-0.2, 0) is 0 Å². The van der Waals surface area contributed by atoms with Gasteiger partial charge in [0.15, 0.2) is 0 Å². The quantitative estimate of drug-likeness (QED) is 0.552. The molecule has 0 amide bonds. The Morgan fingerprint density at radius 1 is 1.17 bits per heavy atom. The zero-order valence-corrected chi connectivity index (χ0v) is 9.14. The number of fused-ring (bicyclic) bond motifs is 1. The predicted molar refractivity (Wildman–Crippen MR) is 64.5 cm³/mol. The van der Waals surface area contributed by atoms with E-state index in [9.17, 15) is 9.90 Å². The summed E-state index contributed by atoms with van der Waals surface area (Å²) in [6.45, 7) is 0. The normalized spacial score (nSPS) is 10.9. The fourth-order valence-corrected chi connectivity index (χ4v) is 1.83. The monoisotopic (exact) mass is 243 g/mol. The lowest BCUT2D eigenvalue weighted by Crippen LogP contribution is -1.98. The molecule has 0 atom stereocenters. The molecule has 0 saturated heterocycles. The van der Waals surface area contributed by atoms with Crippen molar-refractivity contribution in [2.24, 2.45) is 0 Å². The Morgan fingerprint density at radius 2 is 2.00 bits per heavy atom. The van der Waals surface area contributed by atoms with E-state index in [2.05, 4.69) is 15.0 Å². The van der Waals surface area contributed by atoms with Gasteiger partial charge in [-0.15, -0.1) is 0 Å². The van der Waals surface area contributed by atoms with Gasteiger partial charge in [-0.3, -0.25) is 0 Å². The van der Waals surface area contributed by atoms with Gasteiger partial charge in [-0.05, 0) is 24.3 Å². The Hall–Kier alpha value is -2.76. The van der Waals surface area contributed by atoms with Crippen molar-refractivity contribution >= 4 is 16.9 Å². The van der Waals surface area contributed by atoms with Crippen LogP contribution in [0.2, 0.25) is 0 Å². The first kappa shape index (κ1) is 10.4. The molecule has 90 valence electrons. The molecule has 0 aliphatic heterocycles. The molecule has 2 heterocycles. The second kappa shape index (κ2) is 3.63. The number of hydrogen-bond acceptors (Lipinski definition) is 3. The van der Waals surface area contributed by atoms with Gasteiger partial charge >= 0.3 is 5.97 Å². The Labute approximate surface area is 101 Å². The standard InChI is InChI=1S/C12H9N3O3/c16-7-1-2-8-6(3-7)4-9(14-8)10-5-13-11(15-10)12(17)18/h1-5,14,16H,(H,13,15)(H,17,18). The van der Waals surface area contributed by atoms with E-state index in [-0.39, 0.29) is 11.6 Å². The van der Waals surface area contributed by atoms with Gasteiger partial charge in [0.1, 0.15) is 5.75 Å². The molecule has 1 aromatic carbocycles. The number of rotatable bonds is 2. The summed E-state index contributed by atoms with van der Waals surface area (Å²) in [5, 5.41) is 19.0. The number of carboxylic acid groups (broad SMARTS) is 1. The van der Waals surface area contributed by atoms with Crippen molar-refractivity contribution in [2.75, 3.05) is 0 Å². The lowest BCUT2D eigenvalue weighted by molar-refractivity contribution is 0.0685. The number of aromatic amines is 2. The zero-order valence-electron chi connectivity index (χ0n) is 9.14. The van der Waals surface area contributed by atoms with Crippen LogP contribution in [0.15, 0.2) is 30.5 Å². The van der Waals surface area contributed by atoms with Crippen LogP contribution < -0.4 is 0 Å². The molecule has 3 aromatic rings. The number of imidazole rings is 1. The largest absolute Gasteiger partial charge is 0.508 e. The molecule has 0 unspecified atom stereocenters. The van der Waals surface area contributed by atoms with Gasteiger partial charge in [0.2, 0.25) is 5.82 Å². The topological polar surface area (TPSA) is 102 Å². The van der Waals surface area contributed by atoms with Gasteiger partial charge < -0.3 is 20.2 Å². The first-order valence-corrected chi connectivity index (χ1v) is 5.24. The molecule has 0 spiro atoms. The van der Waals surface area contributed by atoms with Crippen molar-refractivity contribution in [3.05, 3.63) is 36.3 Å². The van der Waals surface area contributed by atoms with Gasteiger partial charge in [-0.25, -0.2) is 9.78 Å². The molecule has 6 heteroatoms. The Kier molecular flexibility index (Phi) is 2.09. The molecule has 0 radical (unpaired) electrons. The molecule has 18 heavy (non-hydrogen) atoms. The highest BCUT2D eigenvalue weighted by atomic mass is 16.4. The van der Waals surface area contributed by atoms with Crippen LogP contribution in [-0.4, -0.2) is 31.1 Å². The number of nitrogens with zero attached hydrogens (tertiary/aromatic N) is 1. The highest BCUT2D eigenvalue weighted by Gasteiger charge is 2.10. The summed E-state index contributed by atoms with van der Waals surface area (Å²) in [6, 6.07) is 6.78. The first-order chi connectivity index (χ1) is 8.63. The third kappa shape index (κ3) is 1.60. The van der Waals surface area contributed by atoms with Gasteiger partial charge in [0.25, 0.3) is 0 Å². The van der Waals surface area contributed by atoms with Crippen molar-refractivity contribution in [1.29, 1.82) is 0 Å².